The summed E-state index contributed by atoms with van der Waals surface area (Å²) in [4.78, 5) is 41.8. The molecule has 1 aromatic heterocycles. The fourth-order valence-corrected chi connectivity index (χ4v) is 3.41. The summed E-state index contributed by atoms with van der Waals surface area (Å²) in [7, 11) is 0. The number of aliphatic imine (C=N–C) groups is 1. The number of carbonyl (C=O) groups excluding carboxylic acids is 3. The number of urea groups is 1. The molecular formula is C17H14ClN3O3S. The Bertz CT molecular complexity index is 874. The maximum Gasteiger partial charge on any atom is 0.351 e. The fourth-order valence-electron chi connectivity index (χ4n) is 2.31. The van der Waals surface area contributed by atoms with E-state index in [0.29, 0.717) is 10.0 Å². The molecule has 0 saturated carbocycles. The first-order valence-corrected chi connectivity index (χ1v) is 8.66. The molecule has 2 aromatic rings. The molecule has 3 rings (SSSR count). The number of nitrogens with one attached hydrogen (secondary N) is 1. The number of hydrogen-bond donors (Lipinski definition) is 1. The van der Waals surface area contributed by atoms with Gasteiger partial charge in [-0.25, -0.2) is 9.69 Å². The molecule has 0 saturated heterocycles. The Kier molecular flexibility index (Phi) is 4.96. The number of hydrogen-bond acceptors (Lipinski definition) is 4. The van der Waals surface area contributed by atoms with Gasteiger partial charge in [-0.15, -0.1) is 11.3 Å². The van der Waals surface area contributed by atoms with Crippen LogP contribution in [-0.2, 0) is 16.0 Å². The second-order valence-electron chi connectivity index (χ2n) is 5.53. The van der Waals surface area contributed by atoms with Gasteiger partial charge in [0.15, 0.2) is 0 Å². The maximum absolute atomic E-state index is 12.3. The summed E-state index contributed by atoms with van der Waals surface area (Å²) < 4.78 is 0.599. The highest BCUT2D eigenvalue weighted by Gasteiger charge is 2.34. The molecule has 1 aliphatic rings. The summed E-state index contributed by atoms with van der Waals surface area (Å²) in [6.45, 7) is 1.57. The lowest BCUT2D eigenvalue weighted by atomic mass is 10.2. The molecule has 1 aliphatic heterocycles. The number of aryl methyl sites for hydroxylation is 1. The van der Waals surface area contributed by atoms with Crippen molar-refractivity contribution in [3.63, 3.8) is 0 Å². The quantitative estimate of drug-likeness (QED) is 0.870. The van der Waals surface area contributed by atoms with Crippen molar-refractivity contribution in [2.75, 3.05) is 11.9 Å². The first kappa shape index (κ1) is 17.3. The third-order valence-electron chi connectivity index (χ3n) is 3.56. The lowest BCUT2D eigenvalue weighted by Crippen LogP contribution is -2.39. The van der Waals surface area contributed by atoms with E-state index in [4.69, 9.17) is 11.6 Å². The second kappa shape index (κ2) is 7.16. The molecular weight excluding hydrogens is 362 g/mol. The van der Waals surface area contributed by atoms with Gasteiger partial charge in [-0.05, 0) is 31.2 Å². The highest BCUT2D eigenvalue weighted by atomic mass is 35.5. The molecule has 1 aromatic carbocycles. The summed E-state index contributed by atoms with van der Waals surface area (Å²) >= 11 is 7.18. The zero-order valence-electron chi connectivity index (χ0n) is 13.3. The lowest BCUT2D eigenvalue weighted by molar-refractivity contribution is -0.125. The predicted molar refractivity (Wildman–Crippen MR) is 97.4 cm³/mol. The Balaban J connectivity index is 1.61. The number of thiophene rings is 1. The average molecular weight is 376 g/mol. The van der Waals surface area contributed by atoms with E-state index in [2.05, 4.69) is 10.3 Å². The molecule has 1 N–H and O–H groups in total. The molecule has 0 atom stereocenters. The van der Waals surface area contributed by atoms with Crippen molar-refractivity contribution in [2.45, 2.75) is 13.3 Å². The third kappa shape index (κ3) is 4.12. The van der Waals surface area contributed by atoms with Gasteiger partial charge < -0.3 is 5.32 Å². The summed E-state index contributed by atoms with van der Waals surface area (Å²) in [6, 6.07) is 9.99. The maximum atomic E-state index is 12.3. The van der Waals surface area contributed by atoms with Crippen LogP contribution in [0.15, 0.2) is 41.4 Å². The molecule has 0 fully saturated rings. The first-order valence-electron chi connectivity index (χ1n) is 7.46. The van der Waals surface area contributed by atoms with Crippen LogP contribution in [0.4, 0.5) is 10.5 Å². The Morgan fingerprint density at radius 1 is 1.20 bits per heavy atom. The van der Waals surface area contributed by atoms with Crippen molar-refractivity contribution in [1.29, 1.82) is 0 Å². The monoisotopic (exact) mass is 375 g/mol. The zero-order chi connectivity index (χ0) is 18.0. The number of benzene rings is 1. The third-order valence-corrected chi connectivity index (χ3v) is 4.79. The summed E-state index contributed by atoms with van der Waals surface area (Å²) in [6.07, 6.45) is 0.220. The van der Waals surface area contributed by atoms with Gasteiger partial charge in [0, 0.05) is 17.0 Å². The predicted octanol–water partition coefficient (Wildman–Crippen LogP) is 3.29. The van der Waals surface area contributed by atoms with Crippen LogP contribution < -0.4 is 5.32 Å². The van der Waals surface area contributed by atoms with E-state index >= 15 is 0 Å². The van der Waals surface area contributed by atoms with Gasteiger partial charge in [0.1, 0.15) is 12.3 Å². The molecule has 2 heterocycles. The SMILES string of the molecule is Cc1ccc(NC(=O)CN2C(=O)N=C(Cc3ccc(Cl)s3)C2=O)cc1. The van der Waals surface area contributed by atoms with Crippen LogP contribution in [-0.4, -0.2) is 35.0 Å². The lowest BCUT2D eigenvalue weighted by Gasteiger charge is -2.13. The smallest absolute Gasteiger partial charge is 0.325 e. The Hall–Kier alpha value is -2.51. The highest BCUT2D eigenvalue weighted by Crippen LogP contribution is 2.23. The number of rotatable bonds is 5. The number of anilines is 1. The van der Waals surface area contributed by atoms with Crippen LogP contribution in [0.3, 0.4) is 0 Å². The molecule has 6 nitrogen and oxygen atoms in total. The topological polar surface area (TPSA) is 78.8 Å². The van der Waals surface area contributed by atoms with Crippen molar-refractivity contribution in [1.82, 2.24) is 4.90 Å². The van der Waals surface area contributed by atoms with Crippen LogP contribution in [0.1, 0.15) is 10.4 Å². The van der Waals surface area contributed by atoms with Gasteiger partial charge in [0.25, 0.3) is 5.91 Å². The van der Waals surface area contributed by atoms with Gasteiger partial charge in [-0.1, -0.05) is 29.3 Å². The zero-order valence-corrected chi connectivity index (χ0v) is 14.9. The molecule has 0 aliphatic carbocycles. The summed E-state index contributed by atoms with van der Waals surface area (Å²) in [5.41, 5.74) is 1.78. The van der Waals surface area contributed by atoms with E-state index in [1.165, 1.54) is 11.3 Å². The van der Waals surface area contributed by atoms with Crippen LogP contribution in [0, 0.1) is 6.92 Å². The summed E-state index contributed by atoms with van der Waals surface area (Å²) in [5.74, 6) is -1.00. The number of halogens is 1. The van der Waals surface area contributed by atoms with Gasteiger partial charge in [0.2, 0.25) is 5.91 Å². The Morgan fingerprint density at radius 2 is 1.92 bits per heavy atom. The van der Waals surface area contributed by atoms with Crippen LogP contribution >= 0.6 is 22.9 Å². The molecule has 128 valence electrons. The molecule has 8 heteroatoms. The van der Waals surface area contributed by atoms with Crippen molar-refractivity contribution in [3.8, 4) is 0 Å². The largest absolute Gasteiger partial charge is 0.351 e. The minimum atomic E-state index is -0.721. The number of amides is 4. The molecule has 25 heavy (non-hydrogen) atoms. The van der Waals surface area contributed by atoms with Gasteiger partial charge in [0.05, 0.1) is 4.34 Å². The van der Waals surface area contributed by atoms with E-state index in [9.17, 15) is 14.4 Å². The molecule has 0 unspecified atom stereocenters. The molecule has 0 radical (unpaired) electrons. The van der Waals surface area contributed by atoms with Gasteiger partial charge in [-0.2, -0.15) is 4.99 Å². The second-order valence-corrected chi connectivity index (χ2v) is 7.33. The van der Waals surface area contributed by atoms with Crippen LogP contribution in [0.25, 0.3) is 0 Å². The van der Waals surface area contributed by atoms with Crippen LogP contribution in [0.5, 0.6) is 0 Å². The molecule has 0 bridgehead atoms. The Morgan fingerprint density at radius 3 is 2.56 bits per heavy atom. The average Bonchev–Trinajstić information content (AvgIpc) is 3.08. The molecule has 0 spiro atoms. The van der Waals surface area contributed by atoms with Crippen molar-refractivity contribution >= 4 is 52.2 Å². The first-order chi connectivity index (χ1) is 11.9. The van der Waals surface area contributed by atoms with Crippen molar-refractivity contribution < 1.29 is 14.4 Å². The van der Waals surface area contributed by atoms with Gasteiger partial charge in [-0.3, -0.25) is 9.59 Å². The number of carbonyl (C=O) groups is 3. The van der Waals surface area contributed by atoms with Crippen LogP contribution in [0.2, 0.25) is 4.34 Å². The normalized spacial score (nSPS) is 14.0. The van der Waals surface area contributed by atoms with E-state index in [-0.39, 0.29) is 18.7 Å². The Labute approximate surface area is 153 Å². The van der Waals surface area contributed by atoms with Crippen molar-refractivity contribution in [2.24, 2.45) is 4.99 Å². The van der Waals surface area contributed by atoms with E-state index < -0.39 is 17.8 Å². The van der Waals surface area contributed by atoms with Gasteiger partial charge >= 0.3 is 6.03 Å². The highest BCUT2D eigenvalue weighted by molar-refractivity contribution is 7.16. The number of imide groups is 1. The summed E-state index contributed by atoms with van der Waals surface area (Å²) in [5, 5.41) is 2.65. The van der Waals surface area contributed by atoms with E-state index in [1.807, 2.05) is 19.1 Å². The number of nitrogens with zero attached hydrogens (tertiary/aromatic N) is 2. The fraction of sp³-hybridized carbons (Fsp3) is 0.176. The molecule has 4 amide bonds. The van der Waals surface area contributed by atoms with Crippen molar-refractivity contribution in [3.05, 3.63) is 51.2 Å². The van der Waals surface area contributed by atoms with E-state index in [0.717, 1.165) is 15.3 Å². The minimum Gasteiger partial charge on any atom is -0.325 e. The van der Waals surface area contributed by atoms with E-state index in [1.54, 1.807) is 24.3 Å². The standard InChI is InChI=1S/C17H14ClN3O3S/c1-10-2-4-11(5-3-10)19-15(22)9-21-16(23)13(20-17(21)24)8-12-6-7-14(18)25-12/h2-7H,8-9H2,1H3,(H,19,22). The minimum absolute atomic E-state index is 0.117.